The first kappa shape index (κ1) is 90.1. The van der Waals surface area contributed by atoms with Crippen molar-refractivity contribution in [2.24, 2.45) is 11.8 Å². The lowest BCUT2D eigenvalue weighted by Gasteiger charge is -2.21. The zero-order chi connectivity index (χ0) is 67.9. The van der Waals surface area contributed by atoms with Crippen LogP contribution in [0.25, 0.3) is 0 Å². The molecule has 19 heteroatoms. The molecule has 0 saturated carbocycles. The fourth-order valence-electron chi connectivity index (χ4n) is 11.1. The lowest BCUT2D eigenvalue weighted by molar-refractivity contribution is -0.161. The Morgan fingerprint density at radius 3 is 0.739 bits per heavy atom. The molecule has 0 amide bonds. The molecule has 17 nitrogen and oxygen atoms in total. The van der Waals surface area contributed by atoms with E-state index in [1.54, 1.807) is 0 Å². The summed E-state index contributed by atoms with van der Waals surface area (Å²) in [6, 6.07) is 0. The first-order valence-corrected chi connectivity index (χ1v) is 41.0. The van der Waals surface area contributed by atoms with Crippen LogP contribution in [0.3, 0.4) is 0 Å². The molecule has 0 saturated heterocycles. The molecule has 546 valence electrons. The number of carbonyl (C=O) groups is 4. The van der Waals surface area contributed by atoms with Gasteiger partial charge in [0, 0.05) is 25.7 Å². The lowest BCUT2D eigenvalue weighted by atomic mass is 10.0. The maximum atomic E-state index is 13.1. The summed E-state index contributed by atoms with van der Waals surface area (Å²) in [5.41, 5.74) is 0. The van der Waals surface area contributed by atoms with Gasteiger partial charge in [0.15, 0.2) is 12.2 Å². The Labute approximate surface area is 562 Å². The van der Waals surface area contributed by atoms with Crippen LogP contribution in [0.2, 0.25) is 0 Å². The molecule has 3 N–H and O–H groups in total. The number of esters is 4. The minimum atomic E-state index is -4.95. The molecule has 0 fully saturated rings. The molecular weight excluding hydrogens is 1210 g/mol. The highest BCUT2D eigenvalue weighted by atomic mass is 31.2. The standard InChI is InChI=1S/C73H142O17P2/c1-7-9-11-13-15-17-19-20-21-22-23-24-25-26-32-39-45-51-57-72(77)89-68(61-84-71(76)56-50-44-38-31-28-27-29-35-41-47-53-65(3)4)63-87-91(79,80)85-59-67(74)60-86-92(81,82)88-64-69(62-83-70(75)55-49-43-37-30-18-16-14-12-10-8-2)90-73(78)58-52-46-40-34-33-36-42-48-54-66(5)6/h65-69,74H,7-64H2,1-6H3,(H,79,80)(H,81,82)/t67-,68-,69-/m1/s1. The summed E-state index contributed by atoms with van der Waals surface area (Å²) in [7, 11) is -9.90. The highest BCUT2D eigenvalue weighted by molar-refractivity contribution is 7.47. The van der Waals surface area contributed by atoms with Gasteiger partial charge in [0.2, 0.25) is 0 Å². The van der Waals surface area contributed by atoms with E-state index in [2.05, 4.69) is 41.5 Å². The Hall–Kier alpha value is -1.94. The van der Waals surface area contributed by atoms with Gasteiger partial charge in [-0.1, -0.05) is 324 Å². The molecule has 0 aliphatic carbocycles. The monoisotopic (exact) mass is 1350 g/mol. The second-order valence-corrected chi connectivity index (χ2v) is 30.2. The largest absolute Gasteiger partial charge is 0.472 e. The van der Waals surface area contributed by atoms with Crippen molar-refractivity contribution >= 4 is 39.5 Å². The van der Waals surface area contributed by atoms with E-state index < -0.39 is 97.5 Å². The Bertz CT molecular complexity index is 1790. The summed E-state index contributed by atoms with van der Waals surface area (Å²) in [6.45, 7) is 9.52. The van der Waals surface area contributed by atoms with Gasteiger partial charge in [0.25, 0.3) is 0 Å². The number of aliphatic hydroxyl groups is 1. The summed E-state index contributed by atoms with van der Waals surface area (Å²) in [4.78, 5) is 72.6. The number of phosphoric acid groups is 2. The number of hydrogen-bond donors (Lipinski definition) is 3. The van der Waals surface area contributed by atoms with E-state index in [9.17, 15) is 43.2 Å². The van der Waals surface area contributed by atoms with Gasteiger partial charge in [0.05, 0.1) is 26.4 Å². The Morgan fingerprint density at radius 2 is 0.500 bits per heavy atom. The number of ether oxygens (including phenoxy) is 4. The van der Waals surface area contributed by atoms with Crippen LogP contribution < -0.4 is 0 Å². The fraction of sp³-hybridized carbons (Fsp3) is 0.945. The van der Waals surface area contributed by atoms with E-state index >= 15 is 0 Å². The molecule has 5 atom stereocenters. The predicted molar refractivity (Wildman–Crippen MR) is 372 cm³/mol. The highest BCUT2D eigenvalue weighted by Crippen LogP contribution is 2.45. The molecular formula is C73H142O17P2. The minimum absolute atomic E-state index is 0.105. The summed E-state index contributed by atoms with van der Waals surface area (Å²) in [6.07, 6.45) is 51.4. The van der Waals surface area contributed by atoms with Gasteiger partial charge in [-0.15, -0.1) is 0 Å². The van der Waals surface area contributed by atoms with E-state index in [4.69, 9.17) is 37.0 Å². The molecule has 92 heavy (non-hydrogen) atoms. The number of unbranched alkanes of at least 4 members (excludes halogenated alkanes) is 42. The van der Waals surface area contributed by atoms with Crippen LogP contribution in [0.4, 0.5) is 0 Å². The van der Waals surface area contributed by atoms with Crippen LogP contribution in [0.15, 0.2) is 0 Å². The van der Waals surface area contributed by atoms with Gasteiger partial charge in [-0.05, 0) is 37.5 Å². The van der Waals surface area contributed by atoms with Crippen molar-refractivity contribution in [2.45, 2.75) is 394 Å². The lowest BCUT2D eigenvalue weighted by Crippen LogP contribution is -2.30. The molecule has 0 radical (unpaired) electrons. The van der Waals surface area contributed by atoms with Crippen LogP contribution in [-0.4, -0.2) is 96.7 Å². The van der Waals surface area contributed by atoms with Crippen molar-refractivity contribution in [3.63, 3.8) is 0 Å². The van der Waals surface area contributed by atoms with E-state index in [1.807, 2.05) is 0 Å². The number of aliphatic hydroxyl groups excluding tert-OH is 1. The van der Waals surface area contributed by atoms with Gasteiger partial charge < -0.3 is 33.8 Å². The maximum absolute atomic E-state index is 13.1. The fourth-order valence-corrected chi connectivity index (χ4v) is 12.7. The number of hydrogen-bond acceptors (Lipinski definition) is 15. The van der Waals surface area contributed by atoms with Gasteiger partial charge in [-0.25, -0.2) is 9.13 Å². The summed E-state index contributed by atoms with van der Waals surface area (Å²) < 4.78 is 68.4. The van der Waals surface area contributed by atoms with Crippen LogP contribution >= 0.6 is 15.6 Å². The first-order chi connectivity index (χ1) is 44.4. The van der Waals surface area contributed by atoms with E-state index in [-0.39, 0.29) is 25.7 Å². The molecule has 0 aromatic heterocycles. The normalized spacial score (nSPS) is 14.1. The highest BCUT2D eigenvalue weighted by Gasteiger charge is 2.30. The van der Waals surface area contributed by atoms with Crippen LogP contribution in [0, 0.1) is 11.8 Å². The minimum Gasteiger partial charge on any atom is -0.462 e. The van der Waals surface area contributed by atoms with Crippen molar-refractivity contribution in [3.8, 4) is 0 Å². The SMILES string of the molecule is CCCCCCCCCCCCCCCCCCCCC(=O)O[C@H](COC(=O)CCCCCCCCCCCCC(C)C)COP(=O)(O)OC[C@@H](O)COP(=O)(O)OC[C@@H](COC(=O)CCCCCCCCCCCC)OC(=O)CCCCCCCCCCC(C)C. The number of carbonyl (C=O) groups excluding carboxylic acids is 4. The topological polar surface area (TPSA) is 237 Å². The van der Waals surface area contributed by atoms with E-state index in [1.165, 1.54) is 193 Å². The molecule has 0 heterocycles. The smallest absolute Gasteiger partial charge is 0.462 e. The average Bonchev–Trinajstić information content (AvgIpc) is 3.67. The second-order valence-electron chi connectivity index (χ2n) is 27.3. The molecule has 0 bridgehead atoms. The van der Waals surface area contributed by atoms with Gasteiger partial charge >= 0.3 is 39.5 Å². The molecule has 0 aromatic rings. The predicted octanol–water partition coefficient (Wildman–Crippen LogP) is 21.2. The van der Waals surface area contributed by atoms with Gasteiger partial charge in [-0.3, -0.25) is 37.3 Å². The van der Waals surface area contributed by atoms with Crippen LogP contribution in [0.5, 0.6) is 0 Å². The second kappa shape index (κ2) is 65.0. The van der Waals surface area contributed by atoms with Crippen molar-refractivity contribution in [1.82, 2.24) is 0 Å². The zero-order valence-electron chi connectivity index (χ0n) is 59.9. The third kappa shape index (κ3) is 66.7. The van der Waals surface area contributed by atoms with Crippen LogP contribution in [-0.2, 0) is 65.4 Å². The quantitative estimate of drug-likeness (QED) is 0.0222. The summed E-state index contributed by atoms with van der Waals surface area (Å²) >= 11 is 0. The van der Waals surface area contributed by atoms with Crippen molar-refractivity contribution < 1.29 is 80.2 Å². The molecule has 2 unspecified atom stereocenters. The number of rotatable bonds is 72. The van der Waals surface area contributed by atoms with Crippen molar-refractivity contribution in [2.75, 3.05) is 39.6 Å². The summed E-state index contributed by atoms with van der Waals surface area (Å²) in [5.74, 6) is -0.644. The first-order valence-electron chi connectivity index (χ1n) is 38.0. The molecule has 0 rings (SSSR count). The van der Waals surface area contributed by atoms with E-state index in [0.29, 0.717) is 25.7 Å². The van der Waals surface area contributed by atoms with E-state index in [0.717, 1.165) is 102 Å². The Morgan fingerprint density at radius 1 is 0.293 bits per heavy atom. The van der Waals surface area contributed by atoms with Crippen molar-refractivity contribution in [3.05, 3.63) is 0 Å². The zero-order valence-corrected chi connectivity index (χ0v) is 61.6. The third-order valence-corrected chi connectivity index (χ3v) is 18.9. The maximum Gasteiger partial charge on any atom is 0.472 e. The van der Waals surface area contributed by atoms with Gasteiger partial charge in [-0.2, -0.15) is 0 Å². The van der Waals surface area contributed by atoms with Crippen molar-refractivity contribution in [1.29, 1.82) is 0 Å². The number of phosphoric ester groups is 2. The molecule has 0 aromatic carbocycles. The molecule has 0 spiro atoms. The third-order valence-electron chi connectivity index (χ3n) is 17.0. The average molecular weight is 1350 g/mol. The molecule has 0 aliphatic rings. The summed E-state index contributed by atoms with van der Waals surface area (Å²) in [5, 5.41) is 10.6. The van der Waals surface area contributed by atoms with Gasteiger partial charge in [0.1, 0.15) is 19.3 Å². The Balaban J connectivity index is 5.23. The molecule has 0 aliphatic heterocycles. The Kier molecular flexibility index (Phi) is 63.7. The van der Waals surface area contributed by atoms with Crippen LogP contribution in [0.1, 0.15) is 375 Å².